The molecule has 0 bridgehead atoms. The van der Waals surface area contributed by atoms with Crippen LogP contribution in [0.2, 0.25) is 5.02 Å². The van der Waals surface area contributed by atoms with E-state index in [1.807, 2.05) is 0 Å². The maximum Gasteiger partial charge on any atom is 0.412 e. The molecule has 2 amide bonds. The van der Waals surface area contributed by atoms with Crippen LogP contribution < -0.4 is 10.6 Å². The van der Waals surface area contributed by atoms with Gasteiger partial charge in [-0.3, -0.25) is 5.32 Å². The van der Waals surface area contributed by atoms with E-state index in [0.29, 0.717) is 10.7 Å². The molecule has 1 atom stereocenters. The van der Waals surface area contributed by atoms with Crippen molar-refractivity contribution in [3.8, 4) is 0 Å². The molecule has 6 nitrogen and oxygen atoms in total. The van der Waals surface area contributed by atoms with Crippen LogP contribution >= 0.6 is 11.6 Å². The first-order chi connectivity index (χ1) is 9.74. The zero-order chi connectivity index (χ0) is 15.6. The molecule has 1 aromatic rings. The van der Waals surface area contributed by atoms with Gasteiger partial charge in [0, 0.05) is 0 Å². The lowest BCUT2D eigenvalue weighted by Gasteiger charge is -2.20. The summed E-state index contributed by atoms with van der Waals surface area (Å²) in [7, 11) is 0. The highest BCUT2D eigenvalue weighted by Crippen LogP contribution is 2.28. The van der Waals surface area contributed by atoms with E-state index in [0.717, 1.165) is 5.56 Å². The minimum atomic E-state index is -0.596. The summed E-state index contributed by atoms with van der Waals surface area (Å²) in [6.07, 6.45) is -1.05. The Morgan fingerprint density at radius 2 is 2.19 bits per heavy atom. The molecule has 1 saturated heterocycles. The number of halogens is 1. The third-order valence-electron chi connectivity index (χ3n) is 2.70. The maximum atomic E-state index is 11.8. The number of carbonyl (C=O) groups excluding carboxylic acids is 2. The van der Waals surface area contributed by atoms with Crippen LogP contribution in [-0.4, -0.2) is 24.4 Å². The molecular formula is C14H17ClN2O4. The van der Waals surface area contributed by atoms with Crippen LogP contribution in [0.1, 0.15) is 32.4 Å². The zero-order valence-electron chi connectivity index (χ0n) is 12.0. The number of cyclic esters (lactones) is 1. The number of benzene rings is 1. The average molecular weight is 313 g/mol. The molecule has 1 unspecified atom stereocenters. The highest BCUT2D eigenvalue weighted by Gasteiger charge is 2.24. The molecule has 1 fully saturated rings. The fourth-order valence-electron chi connectivity index (χ4n) is 1.83. The van der Waals surface area contributed by atoms with Crippen molar-refractivity contribution in [3.63, 3.8) is 0 Å². The lowest BCUT2D eigenvalue weighted by atomic mass is 10.1. The van der Waals surface area contributed by atoms with Crippen molar-refractivity contribution in [2.45, 2.75) is 32.4 Å². The third kappa shape index (κ3) is 4.26. The number of rotatable bonds is 2. The molecule has 0 spiro atoms. The van der Waals surface area contributed by atoms with E-state index in [9.17, 15) is 9.59 Å². The number of nitrogens with one attached hydrogen (secondary N) is 2. The van der Waals surface area contributed by atoms with Gasteiger partial charge in [-0.2, -0.15) is 0 Å². The number of amides is 2. The van der Waals surface area contributed by atoms with Crippen LogP contribution in [0.3, 0.4) is 0 Å². The van der Waals surface area contributed by atoms with Crippen molar-refractivity contribution in [2.75, 3.05) is 11.9 Å². The van der Waals surface area contributed by atoms with Gasteiger partial charge in [0.1, 0.15) is 12.2 Å². The first kappa shape index (κ1) is 15.4. The molecular weight excluding hydrogens is 296 g/mol. The Balaban J connectivity index is 2.12. The standard InChI is InChI=1S/C14H17ClN2O4/c1-14(2,3)21-13(19)16-10-6-8(4-5-9(10)15)11-7-20-12(18)17-11/h4-6,11H,7H2,1-3H3,(H,16,19)(H,17,18). The zero-order valence-corrected chi connectivity index (χ0v) is 12.8. The normalized spacial score (nSPS) is 17.9. The van der Waals surface area contributed by atoms with Gasteiger partial charge in [0.05, 0.1) is 16.8 Å². The van der Waals surface area contributed by atoms with Gasteiger partial charge in [-0.25, -0.2) is 9.59 Å². The summed E-state index contributed by atoms with van der Waals surface area (Å²) in [4.78, 5) is 22.8. The number of anilines is 1. The number of hydrogen-bond acceptors (Lipinski definition) is 4. The predicted octanol–water partition coefficient (Wildman–Crippen LogP) is 3.47. The highest BCUT2D eigenvalue weighted by molar-refractivity contribution is 6.33. The van der Waals surface area contributed by atoms with E-state index < -0.39 is 17.8 Å². The van der Waals surface area contributed by atoms with Gasteiger partial charge in [-0.05, 0) is 38.5 Å². The lowest BCUT2D eigenvalue weighted by molar-refractivity contribution is 0.0636. The number of hydrogen-bond donors (Lipinski definition) is 2. The van der Waals surface area contributed by atoms with E-state index in [4.69, 9.17) is 21.1 Å². The molecule has 0 radical (unpaired) electrons. The van der Waals surface area contributed by atoms with Gasteiger partial charge >= 0.3 is 12.2 Å². The minimum Gasteiger partial charge on any atom is -0.447 e. The molecule has 1 aliphatic heterocycles. The maximum absolute atomic E-state index is 11.8. The third-order valence-corrected chi connectivity index (χ3v) is 3.03. The van der Waals surface area contributed by atoms with E-state index >= 15 is 0 Å². The Labute approximate surface area is 127 Å². The summed E-state index contributed by atoms with van der Waals surface area (Å²) in [6.45, 7) is 5.56. The summed E-state index contributed by atoms with van der Waals surface area (Å²) in [6, 6.07) is 4.84. The SMILES string of the molecule is CC(C)(C)OC(=O)Nc1cc(C2COC(=O)N2)ccc1Cl. The van der Waals surface area contributed by atoms with Gasteiger partial charge in [0.15, 0.2) is 0 Å². The molecule has 2 N–H and O–H groups in total. The van der Waals surface area contributed by atoms with E-state index in [1.165, 1.54) is 0 Å². The minimum absolute atomic E-state index is 0.242. The van der Waals surface area contributed by atoms with Crippen molar-refractivity contribution in [1.82, 2.24) is 5.32 Å². The van der Waals surface area contributed by atoms with E-state index in [2.05, 4.69) is 10.6 Å². The van der Waals surface area contributed by atoms with Crippen LogP contribution in [0.15, 0.2) is 18.2 Å². The molecule has 0 aliphatic carbocycles. The molecule has 114 valence electrons. The van der Waals surface area contributed by atoms with Crippen LogP contribution in [0.4, 0.5) is 15.3 Å². The smallest absolute Gasteiger partial charge is 0.412 e. The first-order valence-corrected chi connectivity index (χ1v) is 6.85. The Morgan fingerprint density at radius 1 is 1.48 bits per heavy atom. The topological polar surface area (TPSA) is 76.7 Å². The molecule has 1 aliphatic rings. The van der Waals surface area contributed by atoms with Gasteiger partial charge < -0.3 is 14.8 Å². The molecule has 1 aromatic carbocycles. The van der Waals surface area contributed by atoms with Crippen molar-refractivity contribution in [2.24, 2.45) is 0 Å². The fraction of sp³-hybridized carbons (Fsp3) is 0.429. The van der Waals surface area contributed by atoms with Gasteiger partial charge in [0.25, 0.3) is 0 Å². The average Bonchev–Trinajstić information content (AvgIpc) is 2.76. The quantitative estimate of drug-likeness (QED) is 0.876. The van der Waals surface area contributed by atoms with Crippen molar-refractivity contribution in [3.05, 3.63) is 28.8 Å². The second kappa shape index (κ2) is 5.81. The monoisotopic (exact) mass is 312 g/mol. The Morgan fingerprint density at radius 3 is 2.76 bits per heavy atom. The summed E-state index contributed by atoms with van der Waals surface area (Å²) >= 11 is 6.06. The molecule has 7 heteroatoms. The molecule has 0 saturated carbocycles. The van der Waals surface area contributed by atoms with Crippen molar-refractivity contribution >= 4 is 29.5 Å². The van der Waals surface area contributed by atoms with E-state index in [-0.39, 0.29) is 12.6 Å². The summed E-state index contributed by atoms with van der Waals surface area (Å²) < 4.78 is 10.0. The molecule has 0 aromatic heterocycles. The second-order valence-electron chi connectivity index (χ2n) is 5.66. The fourth-order valence-corrected chi connectivity index (χ4v) is 2.00. The van der Waals surface area contributed by atoms with Gasteiger partial charge in [0.2, 0.25) is 0 Å². The van der Waals surface area contributed by atoms with Crippen LogP contribution in [0, 0.1) is 0 Å². The first-order valence-electron chi connectivity index (χ1n) is 6.47. The lowest BCUT2D eigenvalue weighted by Crippen LogP contribution is -2.27. The van der Waals surface area contributed by atoms with Gasteiger partial charge in [-0.1, -0.05) is 17.7 Å². The number of carbonyl (C=O) groups is 2. The van der Waals surface area contributed by atoms with Crippen molar-refractivity contribution in [1.29, 1.82) is 0 Å². The van der Waals surface area contributed by atoms with Gasteiger partial charge in [-0.15, -0.1) is 0 Å². The Kier molecular flexibility index (Phi) is 4.27. The number of ether oxygens (including phenoxy) is 2. The Hall–Kier alpha value is -1.95. The van der Waals surface area contributed by atoms with Crippen molar-refractivity contribution < 1.29 is 19.1 Å². The van der Waals surface area contributed by atoms with E-state index in [1.54, 1.807) is 39.0 Å². The highest BCUT2D eigenvalue weighted by atomic mass is 35.5. The predicted molar refractivity (Wildman–Crippen MR) is 78.5 cm³/mol. The molecule has 1 heterocycles. The van der Waals surface area contributed by atoms with Crippen LogP contribution in [0.25, 0.3) is 0 Å². The molecule has 21 heavy (non-hydrogen) atoms. The van der Waals surface area contributed by atoms with Crippen LogP contribution in [0.5, 0.6) is 0 Å². The second-order valence-corrected chi connectivity index (χ2v) is 6.07. The summed E-state index contributed by atoms with van der Waals surface area (Å²) in [5, 5.41) is 5.64. The summed E-state index contributed by atoms with van der Waals surface area (Å²) in [5.74, 6) is 0. The molecule has 2 rings (SSSR count). The summed E-state index contributed by atoms with van der Waals surface area (Å²) in [5.41, 5.74) is 0.613. The Bertz CT molecular complexity index is 569. The number of alkyl carbamates (subject to hydrolysis) is 1. The van der Waals surface area contributed by atoms with Crippen LogP contribution in [-0.2, 0) is 9.47 Å². The largest absolute Gasteiger partial charge is 0.447 e.